The van der Waals surface area contributed by atoms with Crippen LogP contribution in [0.2, 0.25) is 0 Å². The van der Waals surface area contributed by atoms with E-state index in [4.69, 9.17) is 9.47 Å². The number of ether oxygens (including phenoxy) is 2. The molecule has 0 spiro atoms. The summed E-state index contributed by atoms with van der Waals surface area (Å²) >= 11 is 2.80. The maximum atomic E-state index is 12.0. The largest absolute Gasteiger partial charge is 0.462 e. The Hall–Kier alpha value is -2.19. The molecule has 134 valence electrons. The third-order valence-corrected chi connectivity index (χ3v) is 5.10. The van der Waals surface area contributed by atoms with E-state index in [1.807, 2.05) is 23.8 Å². The van der Waals surface area contributed by atoms with E-state index in [1.54, 1.807) is 13.0 Å². The van der Waals surface area contributed by atoms with E-state index in [9.17, 15) is 14.4 Å². The summed E-state index contributed by atoms with van der Waals surface area (Å²) in [5, 5.41) is 6.76. The number of aryl methyl sites for hydroxylation is 1. The third-order valence-electron chi connectivity index (χ3n) is 3.17. The molecule has 0 aliphatic heterocycles. The van der Waals surface area contributed by atoms with Gasteiger partial charge in [0.15, 0.2) is 6.61 Å². The number of hydrogen-bond acceptors (Lipinski definition) is 7. The molecule has 25 heavy (non-hydrogen) atoms. The number of carbonyl (C=O) groups is 3. The van der Waals surface area contributed by atoms with Crippen LogP contribution in [0, 0.1) is 0 Å². The van der Waals surface area contributed by atoms with Crippen LogP contribution < -0.4 is 5.32 Å². The van der Waals surface area contributed by atoms with Gasteiger partial charge in [0.25, 0.3) is 5.91 Å². The van der Waals surface area contributed by atoms with Gasteiger partial charge < -0.3 is 14.8 Å². The first-order chi connectivity index (χ1) is 12.0. The molecular formula is C17H19NO5S2. The van der Waals surface area contributed by atoms with E-state index < -0.39 is 24.5 Å². The molecule has 1 amide bonds. The van der Waals surface area contributed by atoms with Gasteiger partial charge in [0.2, 0.25) is 0 Å². The number of carbonyl (C=O) groups excluding carboxylic acids is 3. The Bertz CT molecular complexity index is 736. The number of amides is 1. The lowest BCUT2D eigenvalue weighted by molar-refractivity contribution is -0.146. The molecule has 0 saturated carbocycles. The minimum absolute atomic E-state index is 0.129. The van der Waals surface area contributed by atoms with Crippen LogP contribution in [-0.4, -0.2) is 31.1 Å². The van der Waals surface area contributed by atoms with Gasteiger partial charge in [-0.15, -0.1) is 11.3 Å². The first-order valence-electron chi connectivity index (χ1n) is 7.79. The first-order valence-corrected chi connectivity index (χ1v) is 9.55. The van der Waals surface area contributed by atoms with Gasteiger partial charge in [-0.2, -0.15) is 11.3 Å². The van der Waals surface area contributed by atoms with E-state index in [-0.39, 0.29) is 13.0 Å². The van der Waals surface area contributed by atoms with E-state index in [0.717, 1.165) is 16.9 Å². The van der Waals surface area contributed by atoms with Crippen LogP contribution in [0.25, 0.3) is 0 Å². The van der Waals surface area contributed by atoms with Crippen molar-refractivity contribution in [2.75, 3.05) is 18.5 Å². The van der Waals surface area contributed by atoms with Crippen molar-refractivity contribution in [2.45, 2.75) is 26.7 Å². The van der Waals surface area contributed by atoms with Crippen LogP contribution >= 0.6 is 22.7 Å². The average molecular weight is 381 g/mol. The van der Waals surface area contributed by atoms with Crippen LogP contribution in [0.1, 0.15) is 34.6 Å². The molecule has 0 bridgehead atoms. The summed E-state index contributed by atoms with van der Waals surface area (Å²) in [5.41, 5.74) is 1.17. The highest BCUT2D eigenvalue weighted by molar-refractivity contribution is 7.16. The highest BCUT2D eigenvalue weighted by Gasteiger charge is 2.19. The number of esters is 2. The minimum Gasteiger partial charge on any atom is -0.462 e. The van der Waals surface area contributed by atoms with Crippen molar-refractivity contribution in [1.29, 1.82) is 0 Å². The Morgan fingerprint density at radius 2 is 2.00 bits per heavy atom. The number of hydrogen-bond donors (Lipinski definition) is 1. The Kier molecular flexibility index (Phi) is 7.15. The molecule has 8 heteroatoms. The molecule has 0 aromatic carbocycles. The molecule has 0 fully saturated rings. The van der Waals surface area contributed by atoms with Crippen LogP contribution in [0.4, 0.5) is 5.00 Å². The summed E-state index contributed by atoms with van der Waals surface area (Å²) in [6.07, 6.45) is 0.867. The minimum atomic E-state index is -0.492. The van der Waals surface area contributed by atoms with Crippen molar-refractivity contribution in [1.82, 2.24) is 0 Å². The van der Waals surface area contributed by atoms with Gasteiger partial charge in [0.05, 0.1) is 18.6 Å². The fraction of sp³-hybridized carbons (Fsp3) is 0.353. The van der Waals surface area contributed by atoms with Crippen LogP contribution in [0.3, 0.4) is 0 Å². The van der Waals surface area contributed by atoms with Crippen LogP contribution in [0.15, 0.2) is 22.9 Å². The molecule has 0 aliphatic rings. The molecule has 0 atom stereocenters. The number of thiophene rings is 2. The van der Waals surface area contributed by atoms with Gasteiger partial charge >= 0.3 is 11.9 Å². The van der Waals surface area contributed by atoms with E-state index >= 15 is 0 Å². The predicted octanol–water partition coefficient (Wildman–Crippen LogP) is 3.27. The summed E-state index contributed by atoms with van der Waals surface area (Å²) in [6.45, 7) is 3.53. The summed E-state index contributed by atoms with van der Waals surface area (Å²) in [5.74, 6) is -1.45. The lowest BCUT2D eigenvalue weighted by Gasteiger charge is -2.07. The van der Waals surface area contributed by atoms with Gasteiger partial charge in [-0.1, -0.05) is 6.92 Å². The summed E-state index contributed by atoms with van der Waals surface area (Å²) in [6, 6.07) is 3.54. The normalized spacial score (nSPS) is 10.3. The summed E-state index contributed by atoms with van der Waals surface area (Å²) in [7, 11) is 0. The van der Waals surface area contributed by atoms with Crippen molar-refractivity contribution in [3.63, 3.8) is 0 Å². The van der Waals surface area contributed by atoms with Gasteiger partial charge in [-0.05, 0) is 41.8 Å². The lowest BCUT2D eigenvalue weighted by Crippen LogP contribution is -2.22. The molecule has 2 heterocycles. The zero-order chi connectivity index (χ0) is 18.2. The fourth-order valence-corrected chi connectivity index (χ4v) is 3.66. The standard InChI is InChI=1S/C17H19NO5S2/c1-3-12-8-13(17(21)22-4-2)16(25-12)18-14(19)9-23-15(20)7-11-5-6-24-10-11/h5-6,8,10H,3-4,7,9H2,1-2H3,(H,18,19). The van der Waals surface area contributed by atoms with Crippen molar-refractivity contribution >= 4 is 45.5 Å². The zero-order valence-corrected chi connectivity index (χ0v) is 15.6. The van der Waals surface area contributed by atoms with Crippen molar-refractivity contribution in [3.05, 3.63) is 38.9 Å². The second kappa shape index (κ2) is 9.33. The molecule has 0 saturated heterocycles. The molecule has 2 aromatic rings. The smallest absolute Gasteiger partial charge is 0.341 e. The highest BCUT2D eigenvalue weighted by atomic mass is 32.1. The van der Waals surface area contributed by atoms with Gasteiger partial charge in [-0.3, -0.25) is 9.59 Å². The fourth-order valence-electron chi connectivity index (χ4n) is 1.99. The Morgan fingerprint density at radius 3 is 2.64 bits per heavy atom. The first kappa shape index (κ1) is 19.1. The Labute approximate surface area is 153 Å². The molecule has 0 aliphatic carbocycles. The third kappa shape index (κ3) is 5.68. The Morgan fingerprint density at radius 1 is 1.20 bits per heavy atom. The summed E-state index contributed by atoms with van der Waals surface area (Å²) < 4.78 is 9.97. The zero-order valence-electron chi connectivity index (χ0n) is 14.0. The molecule has 0 unspecified atom stereocenters. The maximum Gasteiger partial charge on any atom is 0.341 e. The molecule has 0 radical (unpaired) electrons. The van der Waals surface area contributed by atoms with Crippen LogP contribution in [-0.2, 0) is 31.9 Å². The molecule has 2 rings (SSSR count). The molecule has 1 N–H and O–H groups in total. The van der Waals surface area contributed by atoms with Crippen molar-refractivity contribution < 1.29 is 23.9 Å². The molecular weight excluding hydrogens is 362 g/mol. The average Bonchev–Trinajstić information content (AvgIpc) is 3.23. The lowest BCUT2D eigenvalue weighted by atomic mass is 10.2. The van der Waals surface area contributed by atoms with Crippen LogP contribution in [0.5, 0.6) is 0 Å². The van der Waals surface area contributed by atoms with Gasteiger partial charge in [0.1, 0.15) is 5.00 Å². The van der Waals surface area contributed by atoms with Crippen molar-refractivity contribution in [3.8, 4) is 0 Å². The monoisotopic (exact) mass is 381 g/mol. The van der Waals surface area contributed by atoms with E-state index in [0.29, 0.717) is 10.6 Å². The number of anilines is 1. The van der Waals surface area contributed by atoms with Gasteiger partial charge in [0, 0.05) is 4.88 Å². The summed E-state index contributed by atoms with van der Waals surface area (Å²) in [4.78, 5) is 36.6. The molecule has 6 nitrogen and oxygen atoms in total. The Balaban J connectivity index is 1.92. The van der Waals surface area contributed by atoms with Gasteiger partial charge in [-0.25, -0.2) is 4.79 Å². The van der Waals surface area contributed by atoms with Crippen molar-refractivity contribution in [2.24, 2.45) is 0 Å². The second-order valence-electron chi connectivity index (χ2n) is 5.05. The quantitative estimate of drug-likeness (QED) is 0.710. The topological polar surface area (TPSA) is 81.7 Å². The van der Waals surface area contributed by atoms with E-state index in [2.05, 4.69) is 5.32 Å². The SMILES string of the molecule is CCOC(=O)c1cc(CC)sc1NC(=O)COC(=O)Cc1ccsc1. The predicted molar refractivity (Wildman–Crippen MR) is 97.3 cm³/mol. The number of nitrogens with one attached hydrogen (secondary N) is 1. The molecule has 2 aromatic heterocycles. The second-order valence-corrected chi connectivity index (χ2v) is 6.96. The van der Waals surface area contributed by atoms with E-state index in [1.165, 1.54) is 22.7 Å². The maximum absolute atomic E-state index is 12.0. The highest BCUT2D eigenvalue weighted by Crippen LogP contribution is 2.29. The number of rotatable bonds is 8.